The lowest BCUT2D eigenvalue weighted by atomic mass is 9.91. The van der Waals surface area contributed by atoms with Crippen molar-refractivity contribution in [2.45, 2.75) is 44.2 Å². The van der Waals surface area contributed by atoms with Gasteiger partial charge in [-0.1, -0.05) is 36.6 Å². The fourth-order valence-corrected chi connectivity index (χ4v) is 2.68. The van der Waals surface area contributed by atoms with Gasteiger partial charge in [0.25, 0.3) is 0 Å². The van der Waals surface area contributed by atoms with E-state index < -0.39 is 0 Å². The quantitative estimate of drug-likeness (QED) is 0.864. The molecule has 1 unspecified atom stereocenters. The predicted octanol–water partition coefficient (Wildman–Crippen LogP) is 3.08. The van der Waals surface area contributed by atoms with Crippen LogP contribution in [0.5, 0.6) is 0 Å². The topological polar surface area (TPSA) is 32.3 Å². The van der Waals surface area contributed by atoms with Crippen LogP contribution in [0, 0.1) is 0 Å². The summed E-state index contributed by atoms with van der Waals surface area (Å²) in [4.78, 5) is 0. The van der Waals surface area contributed by atoms with E-state index >= 15 is 0 Å². The number of benzene rings is 1. The molecular formula is C14H20ClNO. The smallest absolute Gasteiger partial charge is 0.0652 e. The Morgan fingerprint density at radius 2 is 1.88 bits per heavy atom. The number of hydrogen-bond acceptors (Lipinski definition) is 2. The highest BCUT2D eigenvalue weighted by Gasteiger charge is 2.29. The zero-order valence-electron chi connectivity index (χ0n) is 10.2. The third-order valence-electron chi connectivity index (χ3n) is 3.68. The summed E-state index contributed by atoms with van der Waals surface area (Å²) < 4.78 is 0. The lowest BCUT2D eigenvalue weighted by Crippen LogP contribution is -2.47. The number of nitrogens with one attached hydrogen (secondary N) is 1. The molecule has 0 spiro atoms. The van der Waals surface area contributed by atoms with Crippen molar-refractivity contribution in [1.82, 2.24) is 5.32 Å². The minimum atomic E-state index is -0.362. The van der Waals surface area contributed by atoms with Gasteiger partial charge < -0.3 is 10.4 Å². The van der Waals surface area contributed by atoms with E-state index in [9.17, 15) is 5.11 Å². The van der Waals surface area contributed by atoms with Crippen molar-refractivity contribution in [1.29, 1.82) is 0 Å². The molecule has 0 bridgehead atoms. The van der Waals surface area contributed by atoms with Gasteiger partial charge >= 0.3 is 0 Å². The highest BCUT2D eigenvalue weighted by molar-refractivity contribution is 6.30. The summed E-state index contributed by atoms with van der Waals surface area (Å²) >= 11 is 5.89. The van der Waals surface area contributed by atoms with Gasteiger partial charge in [0.2, 0.25) is 0 Å². The zero-order chi connectivity index (χ0) is 12.3. The SMILES string of the molecule is CC(CO)(NC1CCCC1)c1ccc(Cl)cc1. The molecule has 1 aromatic rings. The standard InChI is InChI=1S/C14H20ClNO/c1-14(10-17,16-13-4-2-3-5-13)11-6-8-12(15)9-7-11/h6-9,13,16-17H,2-5,10H2,1H3. The van der Waals surface area contributed by atoms with Crippen molar-refractivity contribution in [3.8, 4) is 0 Å². The Labute approximate surface area is 108 Å². The average molecular weight is 254 g/mol. The number of rotatable bonds is 4. The monoisotopic (exact) mass is 253 g/mol. The van der Waals surface area contributed by atoms with Gasteiger partial charge in [-0.15, -0.1) is 0 Å². The number of hydrogen-bond donors (Lipinski definition) is 2. The molecule has 1 aliphatic carbocycles. The summed E-state index contributed by atoms with van der Waals surface area (Å²) in [6.45, 7) is 2.15. The Balaban J connectivity index is 2.14. The van der Waals surface area contributed by atoms with Crippen molar-refractivity contribution < 1.29 is 5.11 Å². The largest absolute Gasteiger partial charge is 0.394 e. The molecule has 1 aliphatic rings. The van der Waals surface area contributed by atoms with Gasteiger partial charge in [0, 0.05) is 11.1 Å². The van der Waals surface area contributed by atoms with Crippen molar-refractivity contribution in [3.05, 3.63) is 34.9 Å². The first-order valence-corrected chi connectivity index (χ1v) is 6.66. The van der Waals surface area contributed by atoms with Crippen LogP contribution in [-0.4, -0.2) is 17.8 Å². The van der Waals surface area contributed by atoms with Gasteiger partial charge in [0.05, 0.1) is 12.1 Å². The van der Waals surface area contributed by atoms with E-state index in [1.807, 2.05) is 24.3 Å². The maximum absolute atomic E-state index is 9.67. The maximum atomic E-state index is 9.67. The van der Waals surface area contributed by atoms with Crippen LogP contribution in [0.2, 0.25) is 5.02 Å². The van der Waals surface area contributed by atoms with Crippen LogP contribution in [0.4, 0.5) is 0 Å². The van der Waals surface area contributed by atoms with Crippen LogP contribution in [0.1, 0.15) is 38.2 Å². The number of halogens is 1. The van der Waals surface area contributed by atoms with Crippen LogP contribution in [0.3, 0.4) is 0 Å². The Kier molecular flexibility index (Phi) is 4.08. The molecule has 1 aromatic carbocycles. The first kappa shape index (κ1) is 12.9. The molecule has 1 saturated carbocycles. The molecule has 0 aliphatic heterocycles. The Morgan fingerprint density at radius 3 is 2.41 bits per heavy atom. The van der Waals surface area contributed by atoms with E-state index in [-0.39, 0.29) is 12.1 Å². The van der Waals surface area contributed by atoms with E-state index in [2.05, 4.69) is 12.2 Å². The van der Waals surface area contributed by atoms with E-state index in [0.717, 1.165) is 10.6 Å². The van der Waals surface area contributed by atoms with Gasteiger partial charge in [-0.25, -0.2) is 0 Å². The molecule has 1 atom stereocenters. The molecule has 1 fully saturated rings. The van der Waals surface area contributed by atoms with Gasteiger partial charge in [0.15, 0.2) is 0 Å². The van der Waals surface area contributed by atoms with Crippen molar-refractivity contribution in [2.24, 2.45) is 0 Å². The van der Waals surface area contributed by atoms with Crippen molar-refractivity contribution in [2.75, 3.05) is 6.61 Å². The van der Waals surface area contributed by atoms with Crippen LogP contribution in [-0.2, 0) is 5.54 Å². The van der Waals surface area contributed by atoms with E-state index in [1.54, 1.807) is 0 Å². The molecule has 0 aromatic heterocycles. The molecule has 2 nitrogen and oxygen atoms in total. The number of aliphatic hydroxyl groups is 1. The van der Waals surface area contributed by atoms with E-state index in [1.165, 1.54) is 25.7 Å². The molecule has 0 heterocycles. The molecule has 17 heavy (non-hydrogen) atoms. The third-order valence-corrected chi connectivity index (χ3v) is 3.93. The lowest BCUT2D eigenvalue weighted by Gasteiger charge is -2.33. The van der Waals surface area contributed by atoms with Crippen LogP contribution >= 0.6 is 11.6 Å². The minimum absolute atomic E-state index is 0.102. The summed E-state index contributed by atoms with van der Waals surface area (Å²) in [5.74, 6) is 0. The summed E-state index contributed by atoms with van der Waals surface area (Å²) in [5, 5.41) is 14.0. The summed E-state index contributed by atoms with van der Waals surface area (Å²) in [6, 6.07) is 8.26. The van der Waals surface area contributed by atoms with Crippen LogP contribution in [0.15, 0.2) is 24.3 Å². The molecule has 2 N–H and O–H groups in total. The maximum Gasteiger partial charge on any atom is 0.0652 e. The van der Waals surface area contributed by atoms with Crippen molar-refractivity contribution in [3.63, 3.8) is 0 Å². The van der Waals surface area contributed by atoms with E-state index in [4.69, 9.17) is 11.6 Å². The Morgan fingerprint density at radius 1 is 1.29 bits per heavy atom. The van der Waals surface area contributed by atoms with E-state index in [0.29, 0.717) is 6.04 Å². The second-order valence-electron chi connectivity index (χ2n) is 5.12. The predicted molar refractivity (Wildman–Crippen MR) is 71.3 cm³/mol. The second-order valence-corrected chi connectivity index (χ2v) is 5.56. The molecule has 0 radical (unpaired) electrons. The third kappa shape index (κ3) is 3.01. The minimum Gasteiger partial charge on any atom is -0.394 e. The van der Waals surface area contributed by atoms with Gasteiger partial charge in [0.1, 0.15) is 0 Å². The van der Waals surface area contributed by atoms with Crippen LogP contribution < -0.4 is 5.32 Å². The zero-order valence-corrected chi connectivity index (χ0v) is 11.0. The molecule has 0 saturated heterocycles. The normalized spacial score (nSPS) is 20.4. The lowest BCUT2D eigenvalue weighted by molar-refractivity contribution is 0.161. The molecule has 0 amide bonds. The highest BCUT2D eigenvalue weighted by Crippen LogP contribution is 2.27. The fraction of sp³-hybridized carbons (Fsp3) is 0.571. The molecular weight excluding hydrogens is 234 g/mol. The molecule has 94 valence electrons. The molecule has 3 heteroatoms. The first-order chi connectivity index (χ1) is 8.14. The van der Waals surface area contributed by atoms with Crippen LogP contribution in [0.25, 0.3) is 0 Å². The summed E-state index contributed by atoms with van der Waals surface area (Å²) in [7, 11) is 0. The van der Waals surface area contributed by atoms with Gasteiger partial charge in [-0.3, -0.25) is 0 Å². The van der Waals surface area contributed by atoms with Crippen molar-refractivity contribution >= 4 is 11.6 Å². The Bertz CT molecular complexity index is 359. The fourth-order valence-electron chi connectivity index (χ4n) is 2.56. The average Bonchev–Trinajstić information content (AvgIpc) is 2.82. The second kappa shape index (κ2) is 5.38. The summed E-state index contributed by atoms with van der Waals surface area (Å²) in [6.07, 6.45) is 5.01. The highest BCUT2D eigenvalue weighted by atomic mass is 35.5. The number of aliphatic hydroxyl groups excluding tert-OH is 1. The Hall–Kier alpha value is -0.570. The molecule has 2 rings (SSSR count). The van der Waals surface area contributed by atoms with Gasteiger partial charge in [-0.2, -0.15) is 0 Å². The first-order valence-electron chi connectivity index (χ1n) is 6.29. The van der Waals surface area contributed by atoms with Gasteiger partial charge in [-0.05, 0) is 37.5 Å². The summed E-state index contributed by atoms with van der Waals surface area (Å²) in [5.41, 5.74) is 0.732.